The van der Waals surface area contributed by atoms with Gasteiger partial charge in [-0.25, -0.2) is 9.18 Å². The second-order valence-corrected chi connectivity index (χ2v) is 5.23. The zero-order valence-corrected chi connectivity index (χ0v) is 12.0. The number of alkyl halides is 1. The monoisotopic (exact) mass is 348 g/mol. The van der Waals surface area contributed by atoms with Crippen LogP contribution >= 0.6 is 15.9 Å². The molecule has 1 aliphatic carbocycles. The van der Waals surface area contributed by atoms with E-state index in [2.05, 4.69) is 20.9 Å². The van der Waals surface area contributed by atoms with Crippen LogP contribution in [0.1, 0.15) is 18.0 Å². The minimum Gasteiger partial charge on any atom is -0.396 e. The lowest BCUT2D eigenvalue weighted by molar-refractivity contribution is 0.0591. The van der Waals surface area contributed by atoms with Crippen LogP contribution in [0.5, 0.6) is 0 Å². The molecular formula is C12H14BrFN2O4. The molecule has 0 radical (unpaired) electrons. The number of halogens is 2. The molecule has 1 saturated carbocycles. The molecule has 3 N–H and O–H groups in total. The Morgan fingerprint density at radius 1 is 1.55 bits per heavy atom. The third kappa shape index (κ3) is 2.63. The molecule has 1 aromatic heterocycles. The van der Waals surface area contributed by atoms with Gasteiger partial charge in [-0.05, 0) is 17.5 Å². The number of aliphatic hydroxyl groups is 2. The van der Waals surface area contributed by atoms with Crippen LogP contribution in [-0.4, -0.2) is 38.6 Å². The summed E-state index contributed by atoms with van der Waals surface area (Å²) in [6, 6.07) is -0.908. The summed E-state index contributed by atoms with van der Waals surface area (Å²) in [7, 11) is 0. The molecular weight excluding hydrogens is 335 g/mol. The molecule has 2 rings (SSSR count). The fourth-order valence-electron chi connectivity index (χ4n) is 2.47. The van der Waals surface area contributed by atoms with Gasteiger partial charge >= 0.3 is 5.69 Å². The van der Waals surface area contributed by atoms with E-state index < -0.39 is 42.1 Å². The van der Waals surface area contributed by atoms with Crippen LogP contribution in [0.4, 0.5) is 4.39 Å². The molecule has 4 atom stereocenters. The Morgan fingerprint density at radius 2 is 2.25 bits per heavy atom. The number of aliphatic hydroxyl groups excluding tert-OH is 2. The fraction of sp³-hybridized carbons (Fsp3) is 0.500. The summed E-state index contributed by atoms with van der Waals surface area (Å²) in [6.07, 6.45) is 0.114. The lowest BCUT2D eigenvalue weighted by atomic mass is 10.1. The molecule has 6 nitrogen and oxygen atoms in total. The van der Waals surface area contributed by atoms with Crippen molar-refractivity contribution < 1.29 is 14.6 Å². The Bertz CT molecular complexity index is 627. The minimum atomic E-state index is -1.56. The van der Waals surface area contributed by atoms with Gasteiger partial charge < -0.3 is 10.2 Å². The number of hydrogen-bond donors (Lipinski definition) is 3. The predicted octanol–water partition coefficient (Wildman–Crippen LogP) is 0.155. The van der Waals surface area contributed by atoms with Gasteiger partial charge in [-0.15, -0.1) is 0 Å². The van der Waals surface area contributed by atoms with Gasteiger partial charge in [0, 0.05) is 12.1 Å². The van der Waals surface area contributed by atoms with Crippen LogP contribution in [0.2, 0.25) is 0 Å². The lowest BCUT2D eigenvalue weighted by Crippen LogP contribution is -2.36. The van der Waals surface area contributed by atoms with Crippen molar-refractivity contribution in [1.29, 1.82) is 0 Å². The zero-order valence-electron chi connectivity index (χ0n) is 10.4. The molecule has 1 aliphatic rings. The van der Waals surface area contributed by atoms with Crippen molar-refractivity contribution in [3.63, 3.8) is 0 Å². The Balaban J connectivity index is 2.46. The van der Waals surface area contributed by atoms with Gasteiger partial charge in [0.1, 0.15) is 6.17 Å². The van der Waals surface area contributed by atoms with Crippen LogP contribution in [0, 0.1) is 5.92 Å². The molecule has 0 unspecified atom stereocenters. The highest BCUT2D eigenvalue weighted by Gasteiger charge is 2.44. The van der Waals surface area contributed by atoms with Crippen LogP contribution in [0.25, 0.3) is 6.08 Å². The van der Waals surface area contributed by atoms with E-state index in [1.165, 1.54) is 17.3 Å². The number of nitrogens with zero attached hydrogens (tertiary/aromatic N) is 1. The molecule has 0 aliphatic heterocycles. The topological polar surface area (TPSA) is 95.3 Å². The van der Waals surface area contributed by atoms with E-state index in [-0.39, 0.29) is 12.0 Å². The van der Waals surface area contributed by atoms with Crippen molar-refractivity contribution in [2.75, 3.05) is 6.61 Å². The fourth-order valence-corrected chi connectivity index (χ4v) is 2.76. The standard InChI is InChI=1S/C12H14BrFN2O4/c13-2-1-6-4-16(12(20)15-11(6)19)8-3-9(18)7(5-17)10(8)14/h1-2,4,7-10,17-18H,3,5H2,(H,15,19,20)/t7-,8+,9+,10-/m1/s1. The summed E-state index contributed by atoms with van der Waals surface area (Å²) in [5.41, 5.74) is -1.12. The molecule has 1 aromatic rings. The Labute approximate surface area is 121 Å². The summed E-state index contributed by atoms with van der Waals surface area (Å²) in [5.74, 6) is -0.922. The van der Waals surface area contributed by atoms with Crippen molar-refractivity contribution in [2.45, 2.75) is 24.7 Å². The van der Waals surface area contributed by atoms with Crippen LogP contribution in [0.3, 0.4) is 0 Å². The first-order valence-corrected chi connectivity index (χ1v) is 6.96. The predicted molar refractivity (Wildman–Crippen MR) is 74.4 cm³/mol. The normalized spacial score (nSPS) is 30.2. The molecule has 20 heavy (non-hydrogen) atoms. The van der Waals surface area contributed by atoms with Crippen molar-refractivity contribution in [1.82, 2.24) is 9.55 Å². The van der Waals surface area contributed by atoms with Crippen molar-refractivity contribution in [3.05, 3.63) is 37.6 Å². The first kappa shape index (κ1) is 15.1. The van der Waals surface area contributed by atoms with Crippen LogP contribution in [0.15, 0.2) is 20.8 Å². The van der Waals surface area contributed by atoms with Crippen molar-refractivity contribution in [2.24, 2.45) is 5.92 Å². The van der Waals surface area contributed by atoms with Crippen molar-refractivity contribution >= 4 is 22.0 Å². The number of rotatable bonds is 3. The van der Waals surface area contributed by atoms with Crippen LogP contribution in [-0.2, 0) is 0 Å². The largest absolute Gasteiger partial charge is 0.396 e. The van der Waals surface area contributed by atoms with Crippen molar-refractivity contribution in [3.8, 4) is 0 Å². The van der Waals surface area contributed by atoms with E-state index in [1.54, 1.807) is 0 Å². The van der Waals surface area contributed by atoms with Gasteiger partial charge in [0.15, 0.2) is 0 Å². The zero-order chi connectivity index (χ0) is 14.9. The van der Waals surface area contributed by atoms with Gasteiger partial charge in [-0.1, -0.05) is 15.9 Å². The van der Waals surface area contributed by atoms with Gasteiger partial charge in [-0.3, -0.25) is 14.3 Å². The molecule has 8 heteroatoms. The third-order valence-corrected chi connectivity index (χ3v) is 3.82. The quantitative estimate of drug-likeness (QED) is 0.724. The van der Waals surface area contributed by atoms with E-state index >= 15 is 0 Å². The number of aromatic amines is 1. The van der Waals surface area contributed by atoms with E-state index in [0.717, 1.165) is 4.57 Å². The lowest BCUT2D eigenvalue weighted by Gasteiger charge is -2.18. The highest BCUT2D eigenvalue weighted by molar-refractivity contribution is 9.11. The first-order chi connectivity index (χ1) is 9.49. The van der Waals surface area contributed by atoms with Gasteiger partial charge in [0.2, 0.25) is 0 Å². The maximum absolute atomic E-state index is 14.2. The Kier molecular flexibility index (Phi) is 4.56. The summed E-state index contributed by atoms with van der Waals surface area (Å²) in [6.45, 7) is -0.495. The van der Waals surface area contributed by atoms with E-state index in [1.807, 2.05) is 0 Å². The average Bonchev–Trinajstić information content (AvgIpc) is 2.68. The first-order valence-electron chi connectivity index (χ1n) is 6.04. The molecule has 110 valence electrons. The maximum Gasteiger partial charge on any atom is 0.328 e. The van der Waals surface area contributed by atoms with E-state index in [0.29, 0.717) is 0 Å². The Morgan fingerprint density at radius 3 is 2.80 bits per heavy atom. The molecule has 0 saturated heterocycles. The highest BCUT2D eigenvalue weighted by atomic mass is 79.9. The molecule has 1 heterocycles. The third-order valence-electron chi connectivity index (χ3n) is 3.56. The minimum absolute atomic E-state index is 0.00973. The second kappa shape index (κ2) is 6.02. The maximum atomic E-state index is 14.2. The molecule has 0 amide bonds. The molecule has 0 bridgehead atoms. The highest BCUT2D eigenvalue weighted by Crippen LogP contribution is 2.36. The van der Waals surface area contributed by atoms with Gasteiger partial charge in [-0.2, -0.15) is 0 Å². The number of nitrogens with one attached hydrogen (secondary N) is 1. The summed E-state index contributed by atoms with van der Waals surface area (Å²) < 4.78 is 15.3. The SMILES string of the molecule is O=c1[nH]c(=O)n([C@H]2C[C@H](O)[C@@H](CO)[C@H]2F)cc1C=CBr. The Hall–Kier alpha value is -1.25. The number of hydrogen-bond acceptors (Lipinski definition) is 4. The summed E-state index contributed by atoms with van der Waals surface area (Å²) in [5, 5.41) is 18.8. The van der Waals surface area contributed by atoms with E-state index in [4.69, 9.17) is 5.11 Å². The summed E-state index contributed by atoms with van der Waals surface area (Å²) in [4.78, 5) is 26.9. The second-order valence-electron chi connectivity index (χ2n) is 4.70. The molecule has 1 fully saturated rings. The average molecular weight is 349 g/mol. The van der Waals surface area contributed by atoms with E-state index in [9.17, 15) is 19.1 Å². The molecule has 0 spiro atoms. The van der Waals surface area contributed by atoms with Crippen LogP contribution < -0.4 is 11.2 Å². The van der Waals surface area contributed by atoms with Gasteiger partial charge in [0.05, 0.1) is 24.3 Å². The summed E-state index contributed by atoms with van der Waals surface area (Å²) >= 11 is 3.02. The molecule has 0 aromatic carbocycles. The number of aromatic nitrogens is 2. The van der Waals surface area contributed by atoms with Gasteiger partial charge in [0.25, 0.3) is 5.56 Å². The smallest absolute Gasteiger partial charge is 0.328 e. The number of H-pyrrole nitrogens is 1.